The minimum Gasteiger partial charge on any atom is -0.391 e. The zero-order valence-electron chi connectivity index (χ0n) is 8.28. The van der Waals surface area contributed by atoms with Gasteiger partial charge in [-0.15, -0.1) is 0 Å². The molecule has 0 saturated carbocycles. The van der Waals surface area contributed by atoms with Crippen LogP contribution in [0.3, 0.4) is 0 Å². The predicted octanol–water partition coefficient (Wildman–Crippen LogP) is -0.218. The first kappa shape index (κ1) is 12.9. The molecule has 0 heterocycles. The normalized spacial score (nSPS) is 14.4. The van der Waals surface area contributed by atoms with Crippen LogP contribution in [0.25, 0.3) is 0 Å². The highest BCUT2D eigenvalue weighted by atomic mass is 32.2. The molecule has 1 unspecified atom stereocenters. The molecule has 0 aliphatic heterocycles. The third-order valence-corrected chi connectivity index (χ3v) is 3.47. The Kier molecular flexibility index (Phi) is 6.28. The van der Waals surface area contributed by atoms with E-state index in [0.717, 1.165) is 13.0 Å². The van der Waals surface area contributed by atoms with Gasteiger partial charge in [0.1, 0.15) is 0 Å². The summed E-state index contributed by atoms with van der Waals surface area (Å²) in [4.78, 5) is 0. The largest absolute Gasteiger partial charge is 0.391 e. The molecule has 0 saturated heterocycles. The average molecular weight is 209 g/mol. The fraction of sp³-hybridized carbons (Fsp3) is 1.00. The van der Waals surface area contributed by atoms with E-state index in [1.165, 1.54) is 0 Å². The molecule has 0 bridgehead atoms. The molecule has 1 atom stereocenters. The second-order valence-corrected chi connectivity index (χ2v) is 5.45. The molecule has 2 N–H and O–H groups in total. The van der Waals surface area contributed by atoms with Crippen molar-refractivity contribution in [2.24, 2.45) is 0 Å². The summed E-state index contributed by atoms with van der Waals surface area (Å²) in [6.45, 7) is 4.76. The third kappa shape index (κ3) is 6.98. The first-order valence-corrected chi connectivity index (χ1v) is 6.43. The molecule has 0 fully saturated rings. The van der Waals surface area contributed by atoms with Crippen molar-refractivity contribution in [3.63, 3.8) is 0 Å². The van der Waals surface area contributed by atoms with E-state index in [2.05, 4.69) is 5.32 Å². The quantitative estimate of drug-likeness (QED) is 0.569. The van der Waals surface area contributed by atoms with E-state index in [1.54, 1.807) is 6.92 Å². The Balaban J connectivity index is 3.68. The van der Waals surface area contributed by atoms with Crippen molar-refractivity contribution in [2.75, 3.05) is 24.6 Å². The Morgan fingerprint density at radius 2 is 2.00 bits per heavy atom. The van der Waals surface area contributed by atoms with Crippen molar-refractivity contribution in [3.05, 3.63) is 0 Å². The Hall–Kier alpha value is -0.130. The third-order valence-electron chi connectivity index (χ3n) is 1.69. The molecule has 0 amide bonds. The Labute approximate surface area is 80.3 Å². The second kappa shape index (κ2) is 6.34. The monoisotopic (exact) mass is 209 g/mol. The highest BCUT2D eigenvalue weighted by Crippen LogP contribution is 1.93. The van der Waals surface area contributed by atoms with Gasteiger partial charge in [0.05, 0.1) is 11.9 Å². The van der Waals surface area contributed by atoms with Crippen LogP contribution in [-0.4, -0.2) is 44.2 Å². The zero-order valence-corrected chi connectivity index (χ0v) is 9.10. The van der Waals surface area contributed by atoms with Crippen LogP contribution in [0, 0.1) is 0 Å². The Morgan fingerprint density at radius 1 is 1.38 bits per heavy atom. The molecular formula is C8H19NO3S. The SMILES string of the molecule is CCCNCC(O)CS(=O)(=O)CC. The average Bonchev–Trinajstić information content (AvgIpc) is 2.04. The molecule has 0 spiro atoms. The maximum absolute atomic E-state index is 11.1. The van der Waals surface area contributed by atoms with Crippen molar-refractivity contribution in [1.29, 1.82) is 0 Å². The maximum Gasteiger partial charge on any atom is 0.152 e. The number of aliphatic hydroxyl groups is 1. The van der Waals surface area contributed by atoms with E-state index in [4.69, 9.17) is 0 Å². The summed E-state index contributed by atoms with van der Waals surface area (Å²) >= 11 is 0. The van der Waals surface area contributed by atoms with Crippen molar-refractivity contribution in [3.8, 4) is 0 Å². The van der Waals surface area contributed by atoms with E-state index in [1.807, 2.05) is 6.92 Å². The van der Waals surface area contributed by atoms with Crippen LogP contribution in [0.2, 0.25) is 0 Å². The van der Waals surface area contributed by atoms with Gasteiger partial charge in [-0.1, -0.05) is 13.8 Å². The lowest BCUT2D eigenvalue weighted by Gasteiger charge is -2.10. The Bertz CT molecular complexity index is 213. The lowest BCUT2D eigenvalue weighted by atomic mass is 10.4. The first-order chi connectivity index (χ1) is 6.02. The highest BCUT2D eigenvalue weighted by molar-refractivity contribution is 7.91. The molecular weight excluding hydrogens is 190 g/mol. The lowest BCUT2D eigenvalue weighted by Crippen LogP contribution is -2.33. The summed E-state index contributed by atoms with van der Waals surface area (Å²) in [5.41, 5.74) is 0. The fourth-order valence-corrected chi connectivity index (χ4v) is 1.86. The van der Waals surface area contributed by atoms with Gasteiger partial charge in [-0.2, -0.15) is 0 Å². The first-order valence-electron chi connectivity index (χ1n) is 4.61. The molecule has 0 aliphatic carbocycles. The van der Waals surface area contributed by atoms with E-state index in [9.17, 15) is 13.5 Å². The minimum atomic E-state index is -3.05. The topological polar surface area (TPSA) is 66.4 Å². The van der Waals surface area contributed by atoms with Crippen LogP contribution in [0.15, 0.2) is 0 Å². The van der Waals surface area contributed by atoms with Crippen LogP contribution >= 0.6 is 0 Å². The van der Waals surface area contributed by atoms with Crippen LogP contribution < -0.4 is 5.32 Å². The number of nitrogens with one attached hydrogen (secondary N) is 1. The van der Waals surface area contributed by atoms with Gasteiger partial charge in [-0.05, 0) is 13.0 Å². The molecule has 0 radical (unpaired) electrons. The zero-order chi connectivity index (χ0) is 10.3. The molecule has 80 valence electrons. The van der Waals surface area contributed by atoms with Gasteiger partial charge in [0.15, 0.2) is 9.84 Å². The number of rotatable bonds is 7. The fourth-order valence-electron chi connectivity index (χ4n) is 0.915. The van der Waals surface area contributed by atoms with Crippen molar-refractivity contribution in [1.82, 2.24) is 5.32 Å². The maximum atomic E-state index is 11.1. The van der Waals surface area contributed by atoms with Crippen molar-refractivity contribution < 1.29 is 13.5 Å². The number of aliphatic hydroxyl groups excluding tert-OH is 1. The summed E-state index contributed by atoms with van der Waals surface area (Å²) in [5, 5.41) is 12.3. The lowest BCUT2D eigenvalue weighted by molar-refractivity contribution is 0.194. The summed E-state index contributed by atoms with van der Waals surface area (Å²) in [6, 6.07) is 0. The van der Waals surface area contributed by atoms with E-state index >= 15 is 0 Å². The molecule has 5 heteroatoms. The number of hydrogen-bond acceptors (Lipinski definition) is 4. The van der Waals surface area contributed by atoms with E-state index in [0.29, 0.717) is 6.54 Å². The van der Waals surface area contributed by atoms with Gasteiger partial charge in [0, 0.05) is 12.3 Å². The molecule has 4 nitrogen and oxygen atoms in total. The van der Waals surface area contributed by atoms with Gasteiger partial charge in [0.2, 0.25) is 0 Å². The van der Waals surface area contributed by atoms with Crippen LogP contribution in [0.4, 0.5) is 0 Å². The summed E-state index contributed by atoms with van der Waals surface area (Å²) < 4.78 is 22.1. The van der Waals surface area contributed by atoms with Gasteiger partial charge in [-0.3, -0.25) is 0 Å². The van der Waals surface area contributed by atoms with Gasteiger partial charge in [0.25, 0.3) is 0 Å². The second-order valence-electron chi connectivity index (χ2n) is 3.06. The summed E-state index contributed by atoms with van der Waals surface area (Å²) in [7, 11) is -3.05. The Morgan fingerprint density at radius 3 is 2.46 bits per heavy atom. The van der Waals surface area contributed by atoms with E-state index < -0.39 is 15.9 Å². The minimum absolute atomic E-state index is 0.0951. The molecule has 0 aromatic rings. The highest BCUT2D eigenvalue weighted by Gasteiger charge is 2.14. The predicted molar refractivity (Wildman–Crippen MR) is 53.5 cm³/mol. The van der Waals surface area contributed by atoms with Crippen LogP contribution in [0.1, 0.15) is 20.3 Å². The van der Waals surface area contributed by atoms with Crippen LogP contribution in [0.5, 0.6) is 0 Å². The molecule has 0 aliphatic rings. The number of sulfone groups is 1. The van der Waals surface area contributed by atoms with Crippen molar-refractivity contribution >= 4 is 9.84 Å². The molecule has 0 rings (SSSR count). The van der Waals surface area contributed by atoms with Gasteiger partial charge in [-0.25, -0.2) is 8.42 Å². The van der Waals surface area contributed by atoms with E-state index in [-0.39, 0.29) is 11.5 Å². The van der Waals surface area contributed by atoms with Crippen molar-refractivity contribution in [2.45, 2.75) is 26.4 Å². The summed E-state index contributed by atoms with van der Waals surface area (Å²) in [5.74, 6) is -0.0436. The molecule has 0 aromatic carbocycles. The smallest absolute Gasteiger partial charge is 0.152 e. The standard InChI is InChI=1S/C8H19NO3S/c1-3-5-9-6-8(10)7-13(11,12)4-2/h8-10H,3-7H2,1-2H3. The van der Waals surface area contributed by atoms with Gasteiger partial charge < -0.3 is 10.4 Å². The van der Waals surface area contributed by atoms with Gasteiger partial charge >= 0.3 is 0 Å². The summed E-state index contributed by atoms with van der Waals surface area (Å²) in [6.07, 6.45) is 0.198. The van der Waals surface area contributed by atoms with Crippen LogP contribution in [-0.2, 0) is 9.84 Å². The molecule has 0 aromatic heterocycles. The number of hydrogen-bond donors (Lipinski definition) is 2. The molecule has 13 heavy (non-hydrogen) atoms.